The summed E-state index contributed by atoms with van der Waals surface area (Å²) in [5.41, 5.74) is 0. The van der Waals surface area contributed by atoms with Crippen LogP contribution >= 0.6 is 0 Å². The summed E-state index contributed by atoms with van der Waals surface area (Å²) in [7, 11) is -3.09. The van der Waals surface area contributed by atoms with E-state index in [0.29, 0.717) is 19.4 Å². The molecule has 15 heavy (non-hydrogen) atoms. The molecule has 0 unspecified atom stereocenters. The number of hydrogen-bond acceptors (Lipinski definition) is 3. The zero-order valence-corrected chi connectivity index (χ0v) is 9.72. The minimum Gasteiger partial charge on any atom is -0.469 e. The van der Waals surface area contributed by atoms with Crippen LogP contribution in [0.1, 0.15) is 25.5 Å². The van der Waals surface area contributed by atoms with Crippen LogP contribution in [0.4, 0.5) is 0 Å². The molecule has 0 amide bonds. The summed E-state index contributed by atoms with van der Waals surface area (Å²) in [6.45, 7) is 2.37. The molecule has 1 heterocycles. The third-order valence-corrected chi connectivity index (χ3v) is 3.51. The predicted octanol–water partition coefficient (Wildman–Crippen LogP) is 1.54. The Hall–Kier alpha value is -0.810. The molecule has 0 bridgehead atoms. The lowest BCUT2D eigenvalue weighted by molar-refractivity contribution is 0.505. The summed E-state index contributed by atoms with van der Waals surface area (Å²) in [6.07, 6.45) is 3.77. The predicted molar refractivity (Wildman–Crippen MR) is 59.1 cm³/mol. The van der Waals surface area contributed by atoms with Gasteiger partial charge in [-0.05, 0) is 18.6 Å². The van der Waals surface area contributed by atoms with Crippen LogP contribution in [0.5, 0.6) is 0 Å². The van der Waals surface area contributed by atoms with Gasteiger partial charge in [0.05, 0.1) is 12.0 Å². The molecule has 0 saturated heterocycles. The topological polar surface area (TPSA) is 59.3 Å². The molecular formula is C10H17NO3S. The summed E-state index contributed by atoms with van der Waals surface area (Å²) < 4.78 is 30.4. The first kappa shape index (κ1) is 12.3. The summed E-state index contributed by atoms with van der Waals surface area (Å²) in [4.78, 5) is 0. The molecule has 1 rings (SSSR count). The lowest BCUT2D eigenvalue weighted by atomic mass is 10.3. The second-order valence-corrected chi connectivity index (χ2v) is 5.32. The minimum absolute atomic E-state index is 0.210. The van der Waals surface area contributed by atoms with Gasteiger partial charge in [0.25, 0.3) is 0 Å². The molecule has 1 N–H and O–H groups in total. The molecule has 1 aromatic rings. The van der Waals surface area contributed by atoms with E-state index in [1.807, 2.05) is 13.0 Å². The zero-order chi connectivity index (χ0) is 11.1. The number of hydrogen-bond donors (Lipinski definition) is 1. The summed E-state index contributed by atoms with van der Waals surface area (Å²) in [6, 6.07) is 3.63. The van der Waals surface area contributed by atoms with E-state index in [2.05, 4.69) is 4.72 Å². The molecule has 86 valence electrons. The van der Waals surface area contributed by atoms with Gasteiger partial charge in [-0.2, -0.15) is 0 Å². The van der Waals surface area contributed by atoms with E-state index in [1.165, 1.54) is 0 Å². The van der Waals surface area contributed by atoms with Crippen molar-refractivity contribution in [3.05, 3.63) is 24.2 Å². The number of furan rings is 1. The van der Waals surface area contributed by atoms with Crippen molar-refractivity contribution in [1.82, 2.24) is 4.72 Å². The Balaban J connectivity index is 2.24. The van der Waals surface area contributed by atoms with Crippen LogP contribution in [0.2, 0.25) is 0 Å². The molecule has 0 fully saturated rings. The third-order valence-electron chi connectivity index (χ3n) is 2.04. The fraction of sp³-hybridized carbons (Fsp3) is 0.600. The highest BCUT2D eigenvalue weighted by molar-refractivity contribution is 7.89. The molecule has 0 aromatic carbocycles. The summed E-state index contributed by atoms with van der Waals surface area (Å²) >= 11 is 0. The Morgan fingerprint density at radius 3 is 2.87 bits per heavy atom. The number of nitrogens with one attached hydrogen (secondary N) is 1. The van der Waals surface area contributed by atoms with Crippen LogP contribution in [-0.2, 0) is 16.4 Å². The molecule has 0 spiro atoms. The van der Waals surface area contributed by atoms with Gasteiger partial charge in [0, 0.05) is 13.0 Å². The Kier molecular flexibility index (Phi) is 4.84. The molecule has 1 aromatic heterocycles. The molecule has 0 radical (unpaired) electrons. The Bertz CT molecular complexity index is 356. The van der Waals surface area contributed by atoms with Crippen LogP contribution < -0.4 is 4.72 Å². The largest absolute Gasteiger partial charge is 0.469 e. The van der Waals surface area contributed by atoms with E-state index in [4.69, 9.17) is 4.42 Å². The fourth-order valence-corrected chi connectivity index (χ4v) is 2.42. The monoisotopic (exact) mass is 231 g/mol. The molecular weight excluding hydrogens is 214 g/mol. The molecule has 4 nitrogen and oxygen atoms in total. The lowest BCUT2D eigenvalue weighted by Crippen LogP contribution is -2.28. The van der Waals surface area contributed by atoms with Crippen LogP contribution in [0, 0.1) is 0 Å². The normalized spacial score (nSPS) is 11.8. The van der Waals surface area contributed by atoms with E-state index in [-0.39, 0.29) is 5.75 Å². The maximum atomic E-state index is 11.4. The van der Waals surface area contributed by atoms with Gasteiger partial charge in [-0.1, -0.05) is 13.3 Å². The maximum Gasteiger partial charge on any atom is 0.211 e. The van der Waals surface area contributed by atoms with Crippen molar-refractivity contribution in [2.45, 2.75) is 26.2 Å². The van der Waals surface area contributed by atoms with Crippen molar-refractivity contribution in [2.24, 2.45) is 0 Å². The zero-order valence-electron chi connectivity index (χ0n) is 8.90. The van der Waals surface area contributed by atoms with Gasteiger partial charge in [0.15, 0.2) is 0 Å². The first-order valence-electron chi connectivity index (χ1n) is 5.14. The average Bonchev–Trinajstić information content (AvgIpc) is 2.67. The van der Waals surface area contributed by atoms with Gasteiger partial charge in [-0.3, -0.25) is 0 Å². The SMILES string of the molecule is CCCCS(=O)(=O)NCCc1ccco1. The number of sulfonamides is 1. The van der Waals surface area contributed by atoms with Gasteiger partial charge in [0.1, 0.15) is 5.76 Å². The summed E-state index contributed by atoms with van der Waals surface area (Å²) in [5.74, 6) is 1.01. The van der Waals surface area contributed by atoms with E-state index < -0.39 is 10.0 Å². The lowest BCUT2D eigenvalue weighted by Gasteiger charge is -2.04. The first-order valence-corrected chi connectivity index (χ1v) is 6.79. The van der Waals surface area contributed by atoms with E-state index in [1.54, 1.807) is 12.3 Å². The fourth-order valence-electron chi connectivity index (χ4n) is 1.19. The van der Waals surface area contributed by atoms with Crippen molar-refractivity contribution in [1.29, 1.82) is 0 Å². The third kappa shape index (κ3) is 4.99. The van der Waals surface area contributed by atoms with Gasteiger partial charge in [0.2, 0.25) is 10.0 Å². The van der Waals surface area contributed by atoms with Gasteiger partial charge >= 0.3 is 0 Å². The van der Waals surface area contributed by atoms with Gasteiger partial charge in [-0.25, -0.2) is 13.1 Å². The van der Waals surface area contributed by atoms with Crippen LogP contribution in [0.25, 0.3) is 0 Å². The molecule has 0 aliphatic heterocycles. The van der Waals surface area contributed by atoms with Crippen LogP contribution in [0.15, 0.2) is 22.8 Å². The molecule has 0 saturated carbocycles. The second-order valence-electron chi connectivity index (χ2n) is 3.40. The number of unbranched alkanes of at least 4 members (excludes halogenated alkanes) is 1. The Labute approximate surface area is 90.7 Å². The molecule has 0 atom stereocenters. The van der Waals surface area contributed by atoms with E-state index >= 15 is 0 Å². The second kappa shape index (κ2) is 5.92. The van der Waals surface area contributed by atoms with E-state index in [9.17, 15) is 8.42 Å². The molecule has 5 heteroatoms. The van der Waals surface area contributed by atoms with Crippen molar-refractivity contribution in [3.63, 3.8) is 0 Å². The van der Waals surface area contributed by atoms with E-state index in [0.717, 1.165) is 12.2 Å². The van der Waals surface area contributed by atoms with Crippen molar-refractivity contribution < 1.29 is 12.8 Å². The average molecular weight is 231 g/mol. The highest BCUT2D eigenvalue weighted by Crippen LogP contribution is 2.00. The first-order chi connectivity index (χ1) is 7.14. The van der Waals surface area contributed by atoms with Crippen molar-refractivity contribution >= 4 is 10.0 Å². The number of rotatable bonds is 7. The quantitative estimate of drug-likeness (QED) is 0.774. The maximum absolute atomic E-state index is 11.4. The Morgan fingerprint density at radius 2 is 2.27 bits per heavy atom. The van der Waals surface area contributed by atoms with Crippen LogP contribution in [0.3, 0.4) is 0 Å². The minimum atomic E-state index is -3.09. The van der Waals surface area contributed by atoms with Gasteiger partial charge in [-0.15, -0.1) is 0 Å². The van der Waals surface area contributed by atoms with Crippen molar-refractivity contribution in [3.8, 4) is 0 Å². The highest BCUT2D eigenvalue weighted by atomic mass is 32.2. The smallest absolute Gasteiger partial charge is 0.211 e. The standard InChI is InChI=1S/C10H17NO3S/c1-2-3-9-15(12,13)11-7-6-10-5-4-8-14-10/h4-5,8,11H,2-3,6-7,9H2,1H3. The summed E-state index contributed by atoms with van der Waals surface area (Å²) in [5, 5.41) is 0. The highest BCUT2D eigenvalue weighted by Gasteiger charge is 2.08. The van der Waals surface area contributed by atoms with Crippen molar-refractivity contribution in [2.75, 3.05) is 12.3 Å². The van der Waals surface area contributed by atoms with Gasteiger partial charge < -0.3 is 4.42 Å². The molecule has 0 aliphatic carbocycles. The molecule has 0 aliphatic rings. The van der Waals surface area contributed by atoms with Crippen LogP contribution in [-0.4, -0.2) is 20.7 Å². The Morgan fingerprint density at radius 1 is 1.47 bits per heavy atom.